The number of hydrogen-bond donors (Lipinski definition) is 1. The summed E-state index contributed by atoms with van der Waals surface area (Å²) in [6.07, 6.45) is 2.35. The molecule has 0 aliphatic heterocycles. The first kappa shape index (κ1) is 21.5. The minimum atomic E-state index is -0.726. The molecule has 1 N–H and O–H groups in total. The Bertz CT molecular complexity index is 696. The van der Waals surface area contributed by atoms with E-state index in [0.717, 1.165) is 10.7 Å². The number of carbonyl (C=O) groups is 2. The predicted molar refractivity (Wildman–Crippen MR) is 98.8 cm³/mol. The molecule has 8 nitrogen and oxygen atoms in total. The van der Waals surface area contributed by atoms with Crippen molar-refractivity contribution in [3.63, 3.8) is 0 Å². The molecule has 8 heteroatoms. The van der Waals surface area contributed by atoms with Crippen LogP contribution in [0.4, 0.5) is 0 Å². The van der Waals surface area contributed by atoms with Crippen LogP contribution >= 0.6 is 0 Å². The quantitative estimate of drug-likeness (QED) is 0.472. The first-order chi connectivity index (χ1) is 11.9. The topological polar surface area (TPSA) is 94.3 Å². The fourth-order valence-electron chi connectivity index (χ4n) is 2.41. The molecule has 1 aromatic rings. The van der Waals surface area contributed by atoms with Gasteiger partial charge in [0.2, 0.25) is 0 Å². The van der Waals surface area contributed by atoms with Crippen molar-refractivity contribution in [2.45, 2.75) is 52.5 Å². The van der Waals surface area contributed by atoms with E-state index in [1.165, 1.54) is 23.8 Å². The minimum absolute atomic E-state index is 0.181. The molecule has 144 valence electrons. The number of rotatable bonds is 6. The Morgan fingerprint density at radius 1 is 1.35 bits per heavy atom. The van der Waals surface area contributed by atoms with E-state index >= 15 is 0 Å². The summed E-state index contributed by atoms with van der Waals surface area (Å²) in [6.45, 7) is 10.0. The van der Waals surface area contributed by atoms with Crippen LogP contribution in [0.15, 0.2) is 6.07 Å². The number of carbonyl (C=O) groups excluding carboxylic acids is 2. The highest BCUT2D eigenvalue weighted by molar-refractivity contribution is 5.96. The molecule has 2 amide bonds. The Morgan fingerprint density at radius 2 is 1.92 bits per heavy atom. The molecule has 1 heterocycles. The van der Waals surface area contributed by atoms with Gasteiger partial charge < -0.3 is 5.32 Å². The maximum Gasteiger partial charge on any atom is 0.270 e. The third kappa shape index (κ3) is 5.22. The van der Waals surface area contributed by atoms with E-state index in [9.17, 15) is 9.59 Å². The van der Waals surface area contributed by atoms with Crippen LogP contribution < -0.4 is 5.32 Å². The van der Waals surface area contributed by atoms with Crippen molar-refractivity contribution in [1.29, 1.82) is 5.26 Å². The molecule has 0 aromatic carbocycles. The Labute approximate surface area is 155 Å². The van der Waals surface area contributed by atoms with Gasteiger partial charge in [-0.2, -0.15) is 10.4 Å². The highest BCUT2D eigenvalue weighted by Crippen LogP contribution is 2.21. The third-order valence-electron chi connectivity index (χ3n) is 4.11. The molecule has 0 saturated heterocycles. The van der Waals surface area contributed by atoms with Crippen molar-refractivity contribution < 1.29 is 9.59 Å². The van der Waals surface area contributed by atoms with Crippen LogP contribution in [-0.2, 0) is 17.3 Å². The van der Waals surface area contributed by atoms with Crippen LogP contribution in [0.5, 0.6) is 0 Å². The van der Waals surface area contributed by atoms with Crippen molar-refractivity contribution in [3.8, 4) is 6.19 Å². The van der Waals surface area contributed by atoms with Crippen LogP contribution in [0.25, 0.3) is 0 Å². The van der Waals surface area contributed by atoms with Crippen molar-refractivity contribution in [3.05, 3.63) is 17.5 Å². The molecule has 1 rings (SSSR count). The zero-order chi connectivity index (χ0) is 20.2. The van der Waals surface area contributed by atoms with Gasteiger partial charge in [-0.25, -0.2) is 10.0 Å². The monoisotopic (exact) mass is 362 g/mol. The summed E-state index contributed by atoms with van der Waals surface area (Å²) in [7, 11) is 4.70. The normalized spacial score (nSPS) is 12.5. The van der Waals surface area contributed by atoms with E-state index < -0.39 is 6.04 Å². The van der Waals surface area contributed by atoms with Crippen molar-refractivity contribution in [2.75, 3.05) is 14.1 Å². The molecule has 0 bridgehead atoms. The summed E-state index contributed by atoms with van der Waals surface area (Å²) < 4.78 is 1.53. The number of amides is 2. The van der Waals surface area contributed by atoms with Crippen molar-refractivity contribution in [1.82, 2.24) is 25.1 Å². The lowest BCUT2D eigenvalue weighted by Crippen LogP contribution is -2.51. The molecule has 26 heavy (non-hydrogen) atoms. The van der Waals surface area contributed by atoms with E-state index in [2.05, 4.69) is 10.4 Å². The lowest BCUT2D eigenvalue weighted by Gasteiger charge is -2.28. The van der Waals surface area contributed by atoms with Crippen molar-refractivity contribution >= 4 is 11.8 Å². The maximum absolute atomic E-state index is 12.7. The predicted octanol–water partition coefficient (Wildman–Crippen LogP) is 1.65. The van der Waals surface area contributed by atoms with Gasteiger partial charge in [-0.15, -0.1) is 0 Å². The fraction of sp³-hybridized carbons (Fsp3) is 0.667. The molecular weight excluding hydrogens is 332 g/mol. The number of aromatic nitrogens is 2. The molecule has 0 spiro atoms. The third-order valence-corrected chi connectivity index (χ3v) is 4.11. The average molecular weight is 362 g/mol. The Kier molecular flexibility index (Phi) is 6.79. The Balaban J connectivity index is 3.05. The number of hydrazine groups is 1. The summed E-state index contributed by atoms with van der Waals surface area (Å²) in [5.74, 6) is -0.501. The minimum Gasteiger partial charge on any atom is -0.339 e. The Morgan fingerprint density at radius 3 is 2.35 bits per heavy atom. The summed E-state index contributed by atoms with van der Waals surface area (Å²) in [4.78, 5) is 25.4. The SMILES string of the molecule is CC(C)C[C@H](NC(=O)c1cc(C(C)(C)C)nn1C)C(=O)N(C)N(C)C#N. The average Bonchev–Trinajstić information content (AvgIpc) is 2.93. The number of hydrogen-bond acceptors (Lipinski definition) is 5. The van der Waals surface area contributed by atoms with E-state index in [1.807, 2.05) is 40.8 Å². The van der Waals surface area contributed by atoms with Crippen molar-refractivity contribution in [2.24, 2.45) is 13.0 Å². The first-order valence-electron chi connectivity index (χ1n) is 8.64. The lowest BCUT2D eigenvalue weighted by molar-refractivity contribution is -0.142. The lowest BCUT2D eigenvalue weighted by atomic mass is 9.92. The van der Waals surface area contributed by atoms with Crippen LogP contribution in [0, 0.1) is 17.4 Å². The zero-order valence-electron chi connectivity index (χ0n) is 17.0. The maximum atomic E-state index is 12.7. The van der Waals surface area contributed by atoms with Crippen LogP contribution in [0.3, 0.4) is 0 Å². The van der Waals surface area contributed by atoms with Crippen LogP contribution in [-0.4, -0.2) is 51.7 Å². The largest absolute Gasteiger partial charge is 0.339 e. The second-order valence-corrected chi connectivity index (χ2v) is 7.93. The molecule has 0 fully saturated rings. The molecule has 1 aromatic heterocycles. The highest BCUT2D eigenvalue weighted by atomic mass is 16.2. The van der Waals surface area contributed by atoms with Crippen LogP contribution in [0.2, 0.25) is 0 Å². The first-order valence-corrected chi connectivity index (χ1v) is 8.64. The van der Waals surface area contributed by atoms with E-state index in [-0.39, 0.29) is 23.1 Å². The van der Waals surface area contributed by atoms with E-state index in [0.29, 0.717) is 12.1 Å². The zero-order valence-corrected chi connectivity index (χ0v) is 17.0. The van der Waals surface area contributed by atoms with Crippen LogP contribution in [0.1, 0.15) is 57.2 Å². The number of likely N-dealkylation sites (N-methyl/N-ethyl adjacent to an activating group) is 1. The van der Waals surface area contributed by atoms with Gasteiger partial charge in [0, 0.05) is 26.6 Å². The number of nitrogens with zero attached hydrogens (tertiary/aromatic N) is 5. The van der Waals surface area contributed by atoms with Gasteiger partial charge in [0.15, 0.2) is 6.19 Å². The standard InChI is InChI=1S/C18H30N6O2/c1-12(2)9-13(17(26)24(8)22(6)11-19)20-16(25)14-10-15(18(3,4)5)21-23(14)7/h10,12-13H,9H2,1-8H3,(H,20,25)/t13-/m0/s1. The van der Waals surface area contributed by atoms with E-state index in [1.54, 1.807) is 13.1 Å². The second-order valence-electron chi connectivity index (χ2n) is 7.93. The second kappa shape index (κ2) is 8.21. The van der Waals surface area contributed by atoms with Gasteiger partial charge in [0.25, 0.3) is 11.8 Å². The van der Waals surface area contributed by atoms with Gasteiger partial charge in [0.1, 0.15) is 11.7 Å². The molecule has 0 unspecified atom stereocenters. The highest BCUT2D eigenvalue weighted by Gasteiger charge is 2.29. The molecule has 0 saturated carbocycles. The molecule has 1 atom stereocenters. The summed E-state index contributed by atoms with van der Waals surface area (Å²) in [5.41, 5.74) is 1.02. The van der Waals surface area contributed by atoms with Gasteiger partial charge in [-0.05, 0) is 18.4 Å². The fourth-order valence-corrected chi connectivity index (χ4v) is 2.41. The summed E-state index contributed by atoms with van der Waals surface area (Å²) >= 11 is 0. The number of nitriles is 1. The summed E-state index contributed by atoms with van der Waals surface area (Å²) in [5, 5.41) is 18.5. The van der Waals surface area contributed by atoms with Gasteiger partial charge in [0.05, 0.1) is 5.69 Å². The molecular formula is C18H30N6O2. The molecule has 0 radical (unpaired) electrons. The number of nitrogens with one attached hydrogen (secondary N) is 1. The van der Waals surface area contributed by atoms with E-state index in [4.69, 9.17) is 5.26 Å². The van der Waals surface area contributed by atoms with Gasteiger partial charge in [-0.3, -0.25) is 14.3 Å². The van der Waals surface area contributed by atoms with Gasteiger partial charge >= 0.3 is 0 Å². The number of aryl methyl sites for hydroxylation is 1. The Hall–Kier alpha value is -2.56. The molecule has 0 aliphatic rings. The smallest absolute Gasteiger partial charge is 0.270 e. The van der Waals surface area contributed by atoms with Gasteiger partial charge in [-0.1, -0.05) is 34.6 Å². The molecule has 0 aliphatic carbocycles. The summed E-state index contributed by atoms with van der Waals surface area (Å²) in [6, 6.07) is 1.02.